The van der Waals surface area contributed by atoms with E-state index in [0.717, 1.165) is 32.1 Å². The number of nitrogens with two attached hydrogens (primary N) is 1. The third kappa shape index (κ3) is 2.44. The molecule has 2 aromatic rings. The van der Waals surface area contributed by atoms with Gasteiger partial charge in [-0.15, -0.1) is 11.8 Å². The summed E-state index contributed by atoms with van der Waals surface area (Å²) >= 11 is 5.24. The van der Waals surface area contributed by atoms with Gasteiger partial charge in [0.25, 0.3) is 0 Å². The average molecular weight is 298 g/mol. The van der Waals surface area contributed by atoms with E-state index in [0.29, 0.717) is 0 Å². The van der Waals surface area contributed by atoms with Gasteiger partial charge in [0.05, 0.1) is 6.26 Å². The molecule has 1 heterocycles. The second kappa shape index (κ2) is 4.97. The van der Waals surface area contributed by atoms with Crippen LogP contribution in [0.5, 0.6) is 0 Å². The first kappa shape index (κ1) is 11.6. The number of furan rings is 1. The quantitative estimate of drug-likeness (QED) is 0.681. The molecule has 0 spiro atoms. The van der Waals surface area contributed by atoms with Gasteiger partial charge in [-0.3, -0.25) is 0 Å². The fourth-order valence-corrected chi connectivity index (χ4v) is 3.13. The van der Waals surface area contributed by atoms with Gasteiger partial charge in [-0.25, -0.2) is 0 Å². The lowest BCUT2D eigenvalue weighted by Crippen LogP contribution is -1.93. The van der Waals surface area contributed by atoms with Crippen molar-refractivity contribution < 1.29 is 4.42 Å². The van der Waals surface area contributed by atoms with Gasteiger partial charge in [0.15, 0.2) is 0 Å². The first-order valence-electron chi connectivity index (χ1n) is 4.88. The Kier molecular flexibility index (Phi) is 3.61. The molecule has 0 aliphatic rings. The van der Waals surface area contributed by atoms with E-state index in [2.05, 4.69) is 15.9 Å². The van der Waals surface area contributed by atoms with Crippen LogP contribution in [0, 0.1) is 6.92 Å². The molecule has 0 amide bonds. The minimum atomic E-state index is 0.822. The molecule has 0 atom stereocenters. The maximum absolute atomic E-state index is 5.93. The predicted molar refractivity (Wildman–Crippen MR) is 71.6 cm³/mol. The van der Waals surface area contributed by atoms with Crippen molar-refractivity contribution in [1.82, 2.24) is 0 Å². The van der Waals surface area contributed by atoms with Crippen LogP contribution in [0.3, 0.4) is 0 Å². The normalized spacial score (nSPS) is 10.6. The van der Waals surface area contributed by atoms with Crippen LogP contribution in [0.15, 0.2) is 44.3 Å². The van der Waals surface area contributed by atoms with E-state index in [-0.39, 0.29) is 0 Å². The number of anilines is 1. The summed E-state index contributed by atoms with van der Waals surface area (Å²) in [6, 6.07) is 7.85. The summed E-state index contributed by atoms with van der Waals surface area (Å²) in [5.74, 6) is 1.80. The Morgan fingerprint density at radius 1 is 1.38 bits per heavy atom. The van der Waals surface area contributed by atoms with Crippen molar-refractivity contribution in [1.29, 1.82) is 0 Å². The Bertz CT molecular complexity index is 475. The molecular formula is C12H12BrNOS. The zero-order valence-corrected chi connectivity index (χ0v) is 11.3. The summed E-state index contributed by atoms with van der Waals surface area (Å²) in [6.45, 7) is 1.96. The highest BCUT2D eigenvalue weighted by Gasteiger charge is 2.07. The number of halogens is 1. The van der Waals surface area contributed by atoms with Crippen molar-refractivity contribution in [2.75, 3.05) is 5.73 Å². The third-order valence-corrected chi connectivity index (χ3v) is 4.25. The molecule has 0 saturated carbocycles. The van der Waals surface area contributed by atoms with Crippen LogP contribution in [0.25, 0.3) is 0 Å². The molecule has 16 heavy (non-hydrogen) atoms. The van der Waals surface area contributed by atoms with Gasteiger partial charge in [-0.2, -0.15) is 0 Å². The van der Waals surface area contributed by atoms with Crippen molar-refractivity contribution in [3.8, 4) is 0 Å². The van der Waals surface area contributed by atoms with Crippen LogP contribution in [0.4, 0.5) is 5.69 Å². The van der Waals surface area contributed by atoms with Gasteiger partial charge in [-0.05, 0) is 30.7 Å². The van der Waals surface area contributed by atoms with E-state index >= 15 is 0 Å². The summed E-state index contributed by atoms with van der Waals surface area (Å²) in [5.41, 5.74) is 7.89. The highest BCUT2D eigenvalue weighted by atomic mass is 79.9. The van der Waals surface area contributed by atoms with E-state index < -0.39 is 0 Å². The van der Waals surface area contributed by atoms with Crippen molar-refractivity contribution in [3.05, 3.63) is 46.3 Å². The van der Waals surface area contributed by atoms with Gasteiger partial charge < -0.3 is 10.2 Å². The highest BCUT2D eigenvalue weighted by molar-refractivity contribution is 9.10. The molecular weight excluding hydrogens is 286 g/mol. The summed E-state index contributed by atoms with van der Waals surface area (Å²) < 4.78 is 6.31. The number of nitrogen functional groups attached to an aromatic ring is 1. The van der Waals surface area contributed by atoms with Crippen LogP contribution in [0.2, 0.25) is 0 Å². The van der Waals surface area contributed by atoms with Gasteiger partial charge in [-0.1, -0.05) is 22.0 Å². The molecule has 1 aromatic carbocycles. The van der Waals surface area contributed by atoms with Crippen LogP contribution in [0.1, 0.15) is 11.3 Å². The molecule has 0 aliphatic heterocycles. The number of hydrogen-bond acceptors (Lipinski definition) is 3. The van der Waals surface area contributed by atoms with E-state index in [1.165, 1.54) is 0 Å². The molecule has 0 aliphatic carbocycles. The van der Waals surface area contributed by atoms with Gasteiger partial charge in [0.1, 0.15) is 5.76 Å². The molecule has 0 saturated heterocycles. The largest absolute Gasteiger partial charge is 0.468 e. The molecule has 0 unspecified atom stereocenters. The van der Waals surface area contributed by atoms with Gasteiger partial charge in [0, 0.05) is 20.8 Å². The molecule has 4 heteroatoms. The number of aryl methyl sites for hydroxylation is 1. The molecule has 0 radical (unpaired) electrons. The monoisotopic (exact) mass is 297 g/mol. The number of hydrogen-bond donors (Lipinski definition) is 1. The molecule has 0 fully saturated rings. The third-order valence-electron chi connectivity index (χ3n) is 2.34. The topological polar surface area (TPSA) is 39.2 Å². The lowest BCUT2D eigenvalue weighted by Gasteiger charge is -2.07. The number of rotatable bonds is 3. The van der Waals surface area contributed by atoms with E-state index in [4.69, 9.17) is 10.2 Å². The molecule has 2 nitrogen and oxygen atoms in total. The highest BCUT2D eigenvalue weighted by Crippen LogP contribution is 2.32. The molecule has 2 rings (SSSR count). The molecule has 1 aromatic heterocycles. The predicted octanol–water partition coefficient (Wildman–Crippen LogP) is 4.23. The Balaban J connectivity index is 2.14. The van der Waals surface area contributed by atoms with Crippen LogP contribution < -0.4 is 5.73 Å². The van der Waals surface area contributed by atoms with E-state index in [1.807, 2.05) is 31.2 Å². The lowest BCUT2D eigenvalue weighted by molar-refractivity contribution is 0.527. The van der Waals surface area contributed by atoms with Crippen LogP contribution in [-0.2, 0) is 5.75 Å². The van der Waals surface area contributed by atoms with Crippen molar-refractivity contribution in [2.45, 2.75) is 17.6 Å². The summed E-state index contributed by atoms with van der Waals surface area (Å²) in [4.78, 5) is 1.16. The summed E-state index contributed by atoms with van der Waals surface area (Å²) in [5, 5.41) is 0. The lowest BCUT2D eigenvalue weighted by atomic mass is 10.2. The number of benzene rings is 1. The zero-order chi connectivity index (χ0) is 11.5. The zero-order valence-electron chi connectivity index (χ0n) is 8.87. The smallest absolute Gasteiger partial charge is 0.114 e. The fraction of sp³-hybridized carbons (Fsp3) is 0.167. The second-order valence-electron chi connectivity index (χ2n) is 3.44. The Morgan fingerprint density at radius 2 is 2.19 bits per heavy atom. The standard InChI is InChI=1S/C12H12BrNOS/c1-8-12(5-6-15-8)16-7-9-10(13)3-2-4-11(9)14/h2-6H,7,14H2,1H3. The fourth-order valence-electron chi connectivity index (χ4n) is 1.40. The van der Waals surface area contributed by atoms with Gasteiger partial charge >= 0.3 is 0 Å². The average Bonchev–Trinajstić information content (AvgIpc) is 2.64. The van der Waals surface area contributed by atoms with Crippen molar-refractivity contribution in [3.63, 3.8) is 0 Å². The summed E-state index contributed by atoms with van der Waals surface area (Å²) in [7, 11) is 0. The summed E-state index contributed by atoms with van der Waals surface area (Å²) in [6.07, 6.45) is 1.71. The van der Waals surface area contributed by atoms with Gasteiger partial charge in [0.2, 0.25) is 0 Å². The minimum Gasteiger partial charge on any atom is -0.468 e. The minimum absolute atomic E-state index is 0.822. The second-order valence-corrected chi connectivity index (χ2v) is 5.31. The Morgan fingerprint density at radius 3 is 2.81 bits per heavy atom. The van der Waals surface area contributed by atoms with Crippen molar-refractivity contribution in [2.24, 2.45) is 0 Å². The van der Waals surface area contributed by atoms with Crippen LogP contribution >= 0.6 is 27.7 Å². The van der Waals surface area contributed by atoms with E-state index in [9.17, 15) is 0 Å². The maximum atomic E-state index is 5.93. The SMILES string of the molecule is Cc1occc1SCc1c(N)cccc1Br. The van der Waals surface area contributed by atoms with E-state index in [1.54, 1.807) is 18.0 Å². The number of thioether (sulfide) groups is 1. The first-order valence-corrected chi connectivity index (χ1v) is 6.66. The molecule has 0 bridgehead atoms. The Hall–Kier alpha value is -0.870. The first-order chi connectivity index (χ1) is 7.68. The molecule has 2 N–H and O–H groups in total. The van der Waals surface area contributed by atoms with Crippen LogP contribution in [-0.4, -0.2) is 0 Å². The Labute approximate surface area is 107 Å². The van der Waals surface area contributed by atoms with Crippen molar-refractivity contribution >= 4 is 33.4 Å². The maximum Gasteiger partial charge on any atom is 0.114 e. The molecule has 84 valence electrons.